The van der Waals surface area contributed by atoms with E-state index < -0.39 is 23.7 Å². The number of benzene rings is 2. The van der Waals surface area contributed by atoms with Crippen LogP contribution in [0, 0.1) is 0 Å². The van der Waals surface area contributed by atoms with Crippen molar-refractivity contribution in [2.45, 2.75) is 31.9 Å². The molecule has 6 heteroatoms. The van der Waals surface area contributed by atoms with Gasteiger partial charge in [-0.1, -0.05) is 42.5 Å². The van der Waals surface area contributed by atoms with Crippen LogP contribution in [0.25, 0.3) is 11.0 Å². The van der Waals surface area contributed by atoms with E-state index in [2.05, 4.69) is 0 Å². The molecule has 2 heterocycles. The van der Waals surface area contributed by atoms with Crippen molar-refractivity contribution in [2.24, 2.45) is 0 Å². The van der Waals surface area contributed by atoms with Crippen molar-refractivity contribution in [3.63, 3.8) is 0 Å². The summed E-state index contributed by atoms with van der Waals surface area (Å²) in [6.07, 6.45) is 0.116. The van der Waals surface area contributed by atoms with E-state index in [0.29, 0.717) is 23.1 Å². The molecule has 4 rings (SSSR count). The summed E-state index contributed by atoms with van der Waals surface area (Å²) in [4.78, 5) is 38.8. The summed E-state index contributed by atoms with van der Waals surface area (Å²) in [7, 11) is 0. The van der Waals surface area contributed by atoms with E-state index in [4.69, 9.17) is 9.15 Å². The highest BCUT2D eigenvalue weighted by atomic mass is 16.5. The fourth-order valence-corrected chi connectivity index (χ4v) is 3.55. The molecular weight excluding hydrogens is 358 g/mol. The van der Waals surface area contributed by atoms with Gasteiger partial charge in [-0.05, 0) is 31.0 Å². The lowest BCUT2D eigenvalue weighted by molar-refractivity contribution is -0.150. The van der Waals surface area contributed by atoms with E-state index in [1.165, 1.54) is 11.0 Å². The Kier molecular flexibility index (Phi) is 4.69. The summed E-state index contributed by atoms with van der Waals surface area (Å²) >= 11 is 0. The Hall–Kier alpha value is -3.41. The van der Waals surface area contributed by atoms with Gasteiger partial charge in [0.15, 0.2) is 0 Å². The highest BCUT2D eigenvalue weighted by Crippen LogP contribution is 2.33. The second-order valence-corrected chi connectivity index (χ2v) is 6.75. The topological polar surface area (TPSA) is 76.8 Å². The Morgan fingerprint density at radius 1 is 1.11 bits per heavy atom. The van der Waals surface area contributed by atoms with Crippen molar-refractivity contribution in [1.82, 2.24) is 0 Å². The van der Waals surface area contributed by atoms with E-state index >= 15 is 0 Å². The molecule has 1 aromatic heterocycles. The van der Waals surface area contributed by atoms with Gasteiger partial charge in [-0.2, -0.15) is 0 Å². The zero-order chi connectivity index (χ0) is 19.7. The lowest BCUT2D eigenvalue weighted by Gasteiger charge is -2.25. The molecule has 0 unspecified atom stereocenters. The van der Waals surface area contributed by atoms with E-state index in [1.807, 2.05) is 30.3 Å². The van der Waals surface area contributed by atoms with Crippen LogP contribution < -0.4 is 10.5 Å². The number of para-hydroxylation sites is 1. The lowest BCUT2D eigenvalue weighted by Crippen LogP contribution is -2.40. The number of rotatable bonds is 4. The summed E-state index contributed by atoms with van der Waals surface area (Å²) in [5.41, 5.74) is 1.05. The van der Waals surface area contributed by atoms with Crippen LogP contribution in [-0.4, -0.2) is 17.9 Å². The maximum atomic E-state index is 12.9. The normalized spacial score (nSPS) is 17.7. The third-order valence-electron chi connectivity index (χ3n) is 4.93. The van der Waals surface area contributed by atoms with Crippen molar-refractivity contribution >= 4 is 28.5 Å². The Balaban J connectivity index is 1.66. The van der Waals surface area contributed by atoms with Gasteiger partial charge in [0.2, 0.25) is 5.91 Å². The molecule has 1 saturated heterocycles. The third-order valence-corrected chi connectivity index (χ3v) is 4.93. The van der Waals surface area contributed by atoms with E-state index in [0.717, 1.165) is 5.56 Å². The first-order chi connectivity index (χ1) is 13.5. The lowest BCUT2D eigenvalue weighted by atomic mass is 10.1. The second-order valence-electron chi connectivity index (χ2n) is 6.75. The average molecular weight is 377 g/mol. The first-order valence-corrected chi connectivity index (χ1v) is 9.15. The minimum absolute atomic E-state index is 0.216. The maximum Gasteiger partial charge on any atom is 0.338 e. The molecule has 0 radical (unpaired) electrons. The quantitative estimate of drug-likeness (QED) is 0.513. The van der Waals surface area contributed by atoms with Gasteiger partial charge >= 0.3 is 11.6 Å². The number of hydrogen-bond donors (Lipinski definition) is 0. The molecule has 6 nitrogen and oxygen atoms in total. The Bertz CT molecular complexity index is 1090. The molecule has 1 aliphatic heterocycles. The van der Waals surface area contributed by atoms with Crippen LogP contribution >= 0.6 is 0 Å². The van der Waals surface area contributed by atoms with Crippen LogP contribution in [0.3, 0.4) is 0 Å². The predicted octanol–water partition coefficient (Wildman–Crippen LogP) is 3.59. The molecule has 0 spiro atoms. The van der Waals surface area contributed by atoms with Crippen molar-refractivity contribution in [3.05, 3.63) is 76.6 Å². The largest absolute Gasteiger partial charge is 0.456 e. The van der Waals surface area contributed by atoms with E-state index in [1.54, 1.807) is 31.2 Å². The van der Waals surface area contributed by atoms with Gasteiger partial charge in [0.25, 0.3) is 0 Å². The predicted molar refractivity (Wildman–Crippen MR) is 104 cm³/mol. The van der Waals surface area contributed by atoms with E-state index in [-0.39, 0.29) is 12.3 Å². The van der Waals surface area contributed by atoms with Crippen LogP contribution in [-0.2, 0) is 14.3 Å². The molecule has 0 aliphatic carbocycles. The molecule has 1 fully saturated rings. The number of amides is 1. The monoisotopic (exact) mass is 377 g/mol. The van der Waals surface area contributed by atoms with Gasteiger partial charge in [0, 0.05) is 17.9 Å². The number of anilines is 1. The standard InChI is InChI=1S/C22H19NO5/c1-14(15-7-3-2-4-8-15)27-22(26)17-11-12-20(24)23(17)18-13-21(25)28-19-10-6-5-9-16(18)19/h2-10,13-14,17H,11-12H2,1H3/t14-,17+/m1/s1. The summed E-state index contributed by atoms with van der Waals surface area (Å²) in [5, 5.41) is 0.603. The highest BCUT2D eigenvalue weighted by Gasteiger charge is 2.39. The van der Waals surface area contributed by atoms with Crippen LogP contribution in [0.15, 0.2) is 69.9 Å². The van der Waals surface area contributed by atoms with Crippen LogP contribution in [0.1, 0.15) is 31.4 Å². The van der Waals surface area contributed by atoms with Crippen molar-refractivity contribution in [1.29, 1.82) is 0 Å². The molecule has 0 bridgehead atoms. The highest BCUT2D eigenvalue weighted by molar-refractivity contribution is 6.07. The fourth-order valence-electron chi connectivity index (χ4n) is 3.55. The van der Waals surface area contributed by atoms with Crippen LogP contribution in [0.4, 0.5) is 5.69 Å². The minimum Gasteiger partial charge on any atom is -0.456 e. The average Bonchev–Trinajstić information content (AvgIpc) is 3.09. The molecule has 3 aromatic rings. The Morgan fingerprint density at radius 2 is 1.82 bits per heavy atom. The number of carbonyl (C=O) groups is 2. The molecule has 0 saturated carbocycles. The maximum absolute atomic E-state index is 12.9. The van der Waals surface area contributed by atoms with Crippen LogP contribution in [0.5, 0.6) is 0 Å². The van der Waals surface area contributed by atoms with Gasteiger partial charge in [-0.25, -0.2) is 9.59 Å². The van der Waals surface area contributed by atoms with Gasteiger partial charge in [0.1, 0.15) is 17.7 Å². The fraction of sp³-hybridized carbons (Fsp3) is 0.227. The molecule has 2 atom stereocenters. The smallest absolute Gasteiger partial charge is 0.338 e. The second kappa shape index (κ2) is 7.31. The summed E-state index contributed by atoms with van der Waals surface area (Å²) in [6.45, 7) is 1.79. The number of esters is 1. The van der Waals surface area contributed by atoms with E-state index in [9.17, 15) is 14.4 Å². The van der Waals surface area contributed by atoms with Gasteiger partial charge in [-0.15, -0.1) is 0 Å². The van der Waals surface area contributed by atoms with Crippen molar-refractivity contribution in [3.8, 4) is 0 Å². The van der Waals surface area contributed by atoms with Crippen molar-refractivity contribution in [2.75, 3.05) is 4.90 Å². The molecule has 1 amide bonds. The van der Waals surface area contributed by atoms with Gasteiger partial charge in [0.05, 0.1) is 5.69 Å². The number of fused-ring (bicyclic) bond motifs is 1. The number of carbonyl (C=O) groups excluding carboxylic acids is 2. The first-order valence-electron chi connectivity index (χ1n) is 9.15. The molecular formula is C22H19NO5. The van der Waals surface area contributed by atoms with Crippen LogP contribution in [0.2, 0.25) is 0 Å². The Morgan fingerprint density at radius 3 is 2.61 bits per heavy atom. The van der Waals surface area contributed by atoms with Crippen molar-refractivity contribution < 1.29 is 18.7 Å². The molecule has 142 valence electrons. The summed E-state index contributed by atoms with van der Waals surface area (Å²) in [6, 6.07) is 16.8. The summed E-state index contributed by atoms with van der Waals surface area (Å²) in [5.74, 6) is -0.704. The zero-order valence-corrected chi connectivity index (χ0v) is 15.3. The molecule has 0 N–H and O–H groups in total. The van der Waals surface area contributed by atoms with Gasteiger partial charge < -0.3 is 9.15 Å². The number of ether oxygens (including phenoxy) is 1. The molecule has 2 aromatic carbocycles. The molecule has 28 heavy (non-hydrogen) atoms. The number of hydrogen-bond acceptors (Lipinski definition) is 5. The van der Waals surface area contributed by atoms with Gasteiger partial charge in [-0.3, -0.25) is 9.69 Å². The summed E-state index contributed by atoms with van der Waals surface area (Å²) < 4.78 is 10.8. The first kappa shape index (κ1) is 18.0. The Labute approximate surface area is 161 Å². The number of nitrogens with zero attached hydrogens (tertiary/aromatic N) is 1. The zero-order valence-electron chi connectivity index (χ0n) is 15.3. The minimum atomic E-state index is -0.774. The third kappa shape index (κ3) is 3.29. The SMILES string of the molecule is C[C@@H](OC(=O)[C@@H]1CCC(=O)N1c1cc(=O)oc2ccccc12)c1ccccc1. The molecule has 1 aliphatic rings.